The van der Waals surface area contributed by atoms with Crippen LogP contribution in [0.2, 0.25) is 5.02 Å². The molecule has 1 atom stereocenters. The Hall–Kier alpha value is -0.650. The number of alkyl halides is 3. The number of halogens is 5. The van der Waals surface area contributed by atoms with Crippen LogP contribution in [0.4, 0.5) is 13.2 Å². The maximum Gasteiger partial charge on any atom is 0.573 e. The van der Waals surface area contributed by atoms with Gasteiger partial charge in [-0.1, -0.05) is 24.6 Å². The lowest BCUT2D eigenvalue weighted by molar-refractivity contribution is -0.274. The minimum Gasteiger partial charge on any atom is -0.404 e. The normalized spacial score (nSPS) is 12.8. The topological polar surface area (TPSA) is 35.2 Å². The van der Waals surface area contributed by atoms with Gasteiger partial charge in [0.2, 0.25) is 0 Å². The van der Waals surface area contributed by atoms with E-state index in [0.717, 1.165) is 0 Å². The Morgan fingerprint density at radius 1 is 1.41 bits per heavy atom. The summed E-state index contributed by atoms with van der Waals surface area (Å²) in [7, 11) is 0. The third-order valence-corrected chi connectivity index (χ3v) is 2.34. The monoisotopic (exact) mass is 289 g/mol. The SMILES string of the molecule is CC[C@H](N)c1ccc(OC(F)(F)F)c(Cl)c1.Cl. The van der Waals surface area contributed by atoms with E-state index in [1.54, 1.807) is 0 Å². The van der Waals surface area contributed by atoms with E-state index in [4.69, 9.17) is 17.3 Å². The Kier molecular flexibility index (Phi) is 6.09. The first kappa shape index (κ1) is 16.4. The van der Waals surface area contributed by atoms with Gasteiger partial charge < -0.3 is 10.5 Å². The number of ether oxygens (including phenoxy) is 1. The Balaban J connectivity index is 0.00000256. The largest absolute Gasteiger partial charge is 0.573 e. The van der Waals surface area contributed by atoms with Gasteiger partial charge in [-0.2, -0.15) is 0 Å². The van der Waals surface area contributed by atoms with Gasteiger partial charge in [-0.15, -0.1) is 25.6 Å². The summed E-state index contributed by atoms with van der Waals surface area (Å²) in [6, 6.07) is 3.79. The van der Waals surface area contributed by atoms with Crippen molar-refractivity contribution in [2.24, 2.45) is 5.73 Å². The highest BCUT2D eigenvalue weighted by Gasteiger charge is 2.32. The maximum absolute atomic E-state index is 11.9. The summed E-state index contributed by atoms with van der Waals surface area (Å²) in [5, 5.41) is -0.0984. The van der Waals surface area contributed by atoms with Crippen molar-refractivity contribution in [1.82, 2.24) is 0 Å². The van der Waals surface area contributed by atoms with Crippen LogP contribution in [0, 0.1) is 0 Å². The summed E-state index contributed by atoms with van der Waals surface area (Å²) < 4.78 is 39.6. The van der Waals surface area contributed by atoms with Gasteiger partial charge in [-0.25, -0.2) is 0 Å². The molecule has 0 saturated carbocycles. The van der Waals surface area contributed by atoms with Crippen LogP contribution in [-0.2, 0) is 0 Å². The van der Waals surface area contributed by atoms with Crippen molar-refractivity contribution in [3.63, 3.8) is 0 Å². The van der Waals surface area contributed by atoms with E-state index in [1.807, 2.05) is 6.92 Å². The third kappa shape index (κ3) is 5.02. The molecule has 1 aromatic carbocycles. The van der Waals surface area contributed by atoms with Crippen LogP contribution in [0.5, 0.6) is 5.75 Å². The van der Waals surface area contributed by atoms with Crippen LogP contribution in [0.3, 0.4) is 0 Å². The molecule has 0 aliphatic heterocycles. The lowest BCUT2D eigenvalue weighted by Crippen LogP contribution is -2.17. The first-order valence-corrected chi connectivity index (χ1v) is 5.02. The van der Waals surface area contributed by atoms with Crippen molar-refractivity contribution in [3.8, 4) is 5.75 Å². The molecule has 0 saturated heterocycles. The lowest BCUT2D eigenvalue weighted by Gasteiger charge is -2.13. The van der Waals surface area contributed by atoms with Crippen LogP contribution in [0.15, 0.2) is 18.2 Å². The quantitative estimate of drug-likeness (QED) is 0.910. The van der Waals surface area contributed by atoms with E-state index >= 15 is 0 Å². The van der Waals surface area contributed by atoms with E-state index in [1.165, 1.54) is 18.2 Å². The molecule has 17 heavy (non-hydrogen) atoms. The first-order chi connectivity index (χ1) is 7.33. The molecule has 0 fully saturated rings. The van der Waals surface area contributed by atoms with Crippen LogP contribution in [-0.4, -0.2) is 6.36 Å². The number of nitrogens with two attached hydrogens (primary N) is 1. The van der Waals surface area contributed by atoms with E-state index < -0.39 is 12.1 Å². The Morgan fingerprint density at radius 2 is 2.00 bits per heavy atom. The zero-order chi connectivity index (χ0) is 12.3. The third-order valence-electron chi connectivity index (χ3n) is 2.05. The summed E-state index contributed by atoms with van der Waals surface area (Å²) in [6.45, 7) is 1.87. The van der Waals surface area contributed by atoms with Crippen molar-refractivity contribution >= 4 is 24.0 Å². The molecule has 1 aromatic rings. The van der Waals surface area contributed by atoms with Crippen molar-refractivity contribution in [2.75, 3.05) is 0 Å². The molecule has 0 aliphatic carbocycles. The summed E-state index contributed by atoms with van der Waals surface area (Å²) in [6.07, 6.45) is -4.06. The molecule has 0 unspecified atom stereocenters. The van der Waals surface area contributed by atoms with E-state index in [-0.39, 0.29) is 23.5 Å². The van der Waals surface area contributed by atoms with Gasteiger partial charge in [0.25, 0.3) is 0 Å². The molecule has 7 heteroatoms. The average molecular weight is 290 g/mol. The van der Waals surface area contributed by atoms with Gasteiger partial charge >= 0.3 is 6.36 Å². The van der Waals surface area contributed by atoms with Crippen LogP contribution >= 0.6 is 24.0 Å². The second-order valence-electron chi connectivity index (χ2n) is 3.25. The Bertz CT molecular complexity index is 371. The smallest absolute Gasteiger partial charge is 0.404 e. The van der Waals surface area contributed by atoms with Gasteiger partial charge in [0, 0.05) is 6.04 Å². The van der Waals surface area contributed by atoms with Crippen molar-refractivity contribution in [1.29, 1.82) is 0 Å². The van der Waals surface area contributed by atoms with Crippen molar-refractivity contribution in [3.05, 3.63) is 28.8 Å². The van der Waals surface area contributed by atoms with Gasteiger partial charge in [-0.3, -0.25) is 0 Å². The van der Waals surface area contributed by atoms with Gasteiger partial charge in [0.05, 0.1) is 5.02 Å². The lowest BCUT2D eigenvalue weighted by atomic mass is 10.1. The summed E-state index contributed by atoms with van der Waals surface area (Å²) in [5.74, 6) is -0.416. The molecule has 0 heterocycles. The highest BCUT2D eigenvalue weighted by Crippen LogP contribution is 2.32. The second-order valence-corrected chi connectivity index (χ2v) is 3.66. The van der Waals surface area contributed by atoms with Gasteiger partial charge in [0.1, 0.15) is 5.75 Å². The minimum absolute atomic E-state index is 0. The number of hydrogen-bond acceptors (Lipinski definition) is 2. The van der Waals surface area contributed by atoms with E-state index in [9.17, 15) is 13.2 Å². The highest BCUT2D eigenvalue weighted by molar-refractivity contribution is 6.32. The molecule has 0 aliphatic rings. The minimum atomic E-state index is -4.74. The van der Waals surface area contributed by atoms with E-state index in [0.29, 0.717) is 12.0 Å². The molecule has 0 amide bonds. The van der Waals surface area contributed by atoms with Crippen LogP contribution in [0.25, 0.3) is 0 Å². The fourth-order valence-corrected chi connectivity index (χ4v) is 1.42. The molecule has 2 N–H and O–H groups in total. The zero-order valence-electron chi connectivity index (χ0n) is 8.92. The van der Waals surface area contributed by atoms with Gasteiger partial charge in [-0.05, 0) is 24.1 Å². The predicted molar refractivity (Wildman–Crippen MR) is 62.6 cm³/mol. The number of benzene rings is 1. The highest BCUT2D eigenvalue weighted by atomic mass is 35.5. The molecule has 98 valence electrons. The van der Waals surface area contributed by atoms with Crippen LogP contribution < -0.4 is 10.5 Å². The van der Waals surface area contributed by atoms with Crippen molar-refractivity contribution < 1.29 is 17.9 Å². The molecule has 1 rings (SSSR count). The summed E-state index contributed by atoms with van der Waals surface area (Å²) in [5.41, 5.74) is 6.40. The van der Waals surface area contributed by atoms with E-state index in [2.05, 4.69) is 4.74 Å². The standard InChI is InChI=1S/C10H11ClF3NO.ClH/c1-2-8(15)6-3-4-9(7(11)5-6)16-10(12,13)14;/h3-5,8H,2,15H2,1H3;1H/t8-;/m0./s1. The number of rotatable bonds is 3. The fraction of sp³-hybridized carbons (Fsp3) is 0.400. The fourth-order valence-electron chi connectivity index (χ4n) is 1.19. The molecule has 0 bridgehead atoms. The molecular weight excluding hydrogens is 278 g/mol. The summed E-state index contributed by atoms with van der Waals surface area (Å²) >= 11 is 5.66. The predicted octanol–water partition coefficient (Wildman–Crippen LogP) is 4.07. The maximum atomic E-state index is 11.9. The van der Waals surface area contributed by atoms with Crippen LogP contribution in [0.1, 0.15) is 24.9 Å². The molecule has 0 radical (unpaired) electrons. The molecular formula is C10H12Cl2F3NO. The molecule has 0 spiro atoms. The average Bonchev–Trinajstić information content (AvgIpc) is 2.18. The second kappa shape index (κ2) is 6.33. The summed E-state index contributed by atoms with van der Waals surface area (Å²) in [4.78, 5) is 0. The van der Waals surface area contributed by atoms with Crippen molar-refractivity contribution in [2.45, 2.75) is 25.7 Å². The Labute approximate surface area is 108 Å². The first-order valence-electron chi connectivity index (χ1n) is 4.64. The Morgan fingerprint density at radius 3 is 2.41 bits per heavy atom. The molecule has 2 nitrogen and oxygen atoms in total. The zero-order valence-corrected chi connectivity index (χ0v) is 10.5. The molecule has 0 aromatic heterocycles. The van der Waals surface area contributed by atoms with Gasteiger partial charge in [0.15, 0.2) is 0 Å². The number of hydrogen-bond donors (Lipinski definition) is 1.